The lowest BCUT2D eigenvalue weighted by Crippen LogP contribution is -2.24. The highest BCUT2D eigenvalue weighted by Gasteiger charge is 2.18. The van der Waals surface area contributed by atoms with Crippen molar-refractivity contribution >= 4 is 17.0 Å². The molecule has 0 saturated heterocycles. The number of benzene rings is 1. The van der Waals surface area contributed by atoms with E-state index >= 15 is 0 Å². The van der Waals surface area contributed by atoms with E-state index in [-0.39, 0.29) is 16.9 Å². The van der Waals surface area contributed by atoms with Crippen molar-refractivity contribution in [3.05, 3.63) is 34.4 Å². The maximum absolute atomic E-state index is 14.0. The van der Waals surface area contributed by atoms with Crippen LogP contribution < -0.4 is 4.90 Å². The van der Waals surface area contributed by atoms with Crippen LogP contribution in [0.25, 0.3) is 11.3 Å². The summed E-state index contributed by atoms with van der Waals surface area (Å²) in [7, 11) is 0. The molecule has 2 aromatic rings. The molecule has 0 atom stereocenters. The lowest BCUT2D eigenvalue weighted by atomic mass is 10.1. The van der Waals surface area contributed by atoms with Gasteiger partial charge in [-0.25, -0.2) is 13.8 Å². The highest BCUT2D eigenvalue weighted by molar-refractivity contribution is 7.07. The molecule has 0 spiro atoms. The SMILES string of the molecule is CCN(CC)c1c(F)cc(-c2n[c]sc2F)cc1F. The highest BCUT2D eigenvalue weighted by Crippen LogP contribution is 2.31. The highest BCUT2D eigenvalue weighted by atomic mass is 32.1. The van der Waals surface area contributed by atoms with Gasteiger partial charge in [0, 0.05) is 18.7 Å². The molecule has 19 heavy (non-hydrogen) atoms. The Morgan fingerprint density at radius 2 is 1.74 bits per heavy atom. The van der Waals surface area contributed by atoms with Crippen molar-refractivity contribution in [2.45, 2.75) is 13.8 Å². The van der Waals surface area contributed by atoms with Crippen LogP contribution in [-0.2, 0) is 0 Å². The molecule has 2 rings (SSSR count). The quantitative estimate of drug-likeness (QED) is 0.847. The van der Waals surface area contributed by atoms with Gasteiger partial charge in [-0.3, -0.25) is 0 Å². The average Bonchev–Trinajstić information content (AvgIpc) is 2.79. The second-order valence-corrected chi connectivity index (χ2v) is 4.63. The number of hydrogen-bond donors (Lipinski definition) is 0. The Kier molecular flexibility index (Phi) is 4.09. The molecule has 0 N–H and O–H groups in total. The zero-order valence-corrected chi connectivity index (χ0v) is 11.3. The van der Waals surface area contributed by atoms with Crippen LogP contribution in [0.15, 0.2) is 12.1 Å². The van der Waals surface area contributed by atoms with Gasteiger partial charge in [0.25, 0.3) is 0 Å². The van der Waals surface area contributed by atoms with E-state index in [4.69, 9.17) is 0 Å². The third-order valence-corrected chi connectivity index (χ3v) is 3.40. The Morgan fingerprint density at radius 1 is 1.16 bits per heavy atom. The van der Waals surface area contributed by atoms with E-state index < -0.39 is 16.8 Å². The Bertz CT molecular complexity index is 556. The summed E-state index contributed by atoms with van der Waals surface area (Å²) in [5.74, 6) is -1.43. The lowest BCUT2D eigenvalue weighted by Gasteiger charge is -2.22. The molecule has 0 bridgehead atoms. The number of rotatable bonds is 4. The second-order valence-electron chi connectivity index (χ2n) is 3.89. The molecule has 6 heteroatoms. The summed E-state index contributed by atoms with van der Waals surface area (Å²) in [6.07, 6.45) is 0. The molecule has 0 aliphatic rings. The molecule has 0 unspecified atom stereocenters. The summed E-state index contributed by atoms with van der Waals surface area (Å²) in [6, 6.07) is 2.20. The first kappa shape index (κ1) is 13.9. The lowest BCUT2D eigenvalue weighted by molar-refractivity contribution is 0.574. The number of anilines is 1. The van der Waals surface area contributed by atoms with E-state index in [0.29, 0.717) is 24.4 Å². The van der Waals surface area contributed by atoms with Crippen LogP contribution in [0.3, 0.4) is 0 Å². The Morgan fingerprint density at radius 3 is 2.16 bits per heavy atom. The summed E-state index contributed by atoms with van der Waals surface area (Å²) in [5.41, 5.74) is 2.28. The maximum Gasteiger partial charge on any atom is 0.204 e. The molecule has 1 heterocycles. The van der Waals surface area contributed by atoms with E-state index in [1.807, 2.05) is 13.8 Å². The Hall–Kier alpha value is -1.56. The summed E-state index contributed by atoms with van der Waals surface area (Å²) >= 11 is 0.672. The first-order chi connectivity index (χ1) is 9.08. The maximum atomic E-state index is 14.0. The molecule has 0 aliphatic heterocycles. The summed E-state index contributed by atoms with van der Waals surface area (Å²) < 4.78 is 41.4. The molecule has 2 nitrogen and oxygen atoms in total. The number of nitrogens with zero attached hydrogens (tertiary/aromatic N) is 2. The Balaban J connectivity index is 2.51. The van der Waals surface area contributed by atoms with Crippen LogP contribution in [0, 0.1) is 22.3 Å². The monoisotopic (exact) mass is 285 g/mol. The van der Waals surface area contributed by atoms with Crippen LogP contribution in [0.2, 0.25) is 0 Å². The Labute approximate surface area is 113 Å². The van der Waals surface area contributed by atoms with Gasteiger partial charge in [0.05, 0.1) is 0 Å². The number of hydrogen-bond acceptors (Lipinski definition) is 3. The second kappa shape index (κ2) is 5.61. The predicted molar refractivity (Wildman–Crippen MR) is 69.8 cm³/mol. The van der Waals surface area contributed by atoms with Gasteiger partial charge in [-0.05, 0) is 26.0 Å². The summed E-state index contributed by atoms with van der Waals surface area (Å²) in [5, 5.41) is -0.602. The van der Waals surface area contributed by atoms with E-state index in [1.54, 1.807) is 4.90 Å². The first-order valence-corrected chi connectivity index (χ1v) is 6.66. The minimum absolute atomic E-state index is 0.0751. The molecule has 1 radical (unpaired) electrons. The third-order valence-electron chi connectivity index (χ3n) is 2.85. The van der Waals surface area contributed by atoms with Gasteiger partial charge in [0.2, 0.25) is 5.13 Å². The standard InChI is InChI=1S/C13H12F3N2S/c1-3-18(4-2)12-9(14)5-8(6-10(12)15)11-13(16)19-7-17-11/h5-6H,3-4H2,1-2H3. The van der Waals surface area contributed by atoms with Crippen molar-refractivity contribution < 1.29 is 13.2 Å². The molecule has 0 aliphatic carbocycles. The molecule has 1 aromatic heterocycles. The summed E-state index contributed by atoms with van der Waals surface area (Å²) in [6.45, 7) is 4.60. The van der Waals surface area contributed by atoms with Crippen molar-refractivity contribution in [2.24, 2.45) is 0 Å². The molecule has 1 aromatic carbocycles. The van der Waals surface area contributed by atoms with Crippen LogP contribution in [0.4, 0.5) is 18.9 Å². The van der Waals surface area contributed by atoms with Gasteiger partial charge in [-0.2, -0.15) is 4.39 Å². The zero-order chi connectivity index (χ0) is 14.0. The average molecular weight is 285 g/mol. The molecule has 0 saturated carbocycles. The fourth-order valence-electron chi connectivity index (χ4n) is 1.92. The third kappa shape index (κ3) is 2.58. The smallest absolute Gasteiger partial charge is 0.204 e. The van der Waals surface area contributed by atoms with Gasteiger partial charge in [0.15, 0.2) is 5.51 Å². The van der Waals surface area contributed by atoms with E-state index in [0.717, 1.165) is 12.1 Å². The van der Waals surface area contributed by atoms with Gasteiger partial charge in [-0.15, -0.1) is 0 Å². The van der Waals surface area contributed by atoms with Crippen molar-refractivity contribution in [1.82, 2.24) is 4.98 Å². The molecular formula is C13H12F3N2S. The van der Waals surface area contributed by atoms with Crippen LogP contribution in [0.1, 0.15) is 13.8 Å². The molecule has 0 fully saturated rings. The minimum atomic E-state index is -0.717. The van der Waals surface area contributed by atoms with Crippen LogP contribution >= 0.6 is 11.3 Å². The van der Waals surface area contributed by atoms with E-state index in [2.05, 4.69) is 10.5 Å². The topological polar surface area (TPSA) is 16.1 Å². The predicted octanol–water partition coefficient (Wildman–Crippen LogP) is 3.87. The van der Waals surface area contributed by atoms with Gasteiger partial charge in [-0.1, -0.05) is 11.3 Å². The van der Waals surface area contributed by atoms with Crippen LogP contribution in [0.5, 0.6) is 0 Å². The largest absolute Gasteiger partial charge is 0.367 e. The van der Waals surface area contributed by atoms with Gasteiger partial charge >= 0.3 is 0 Å². The fourth-order valence-corrected chi connectivity index (χ4v) is 2.40. The number of aromatic nitrogens is 1. The summed E-state index contributed by atoms with van der Waals surface area (Å²) in [4.78, 5) is 5.22. The molecule has 0 amide bonds. The zero-order valence-electron chi connectivity index (χ0n) is 10.5. The fraction of sp³-hybridized carbons (Fsp3) is 0.308. The van der Waals surface area contributed by atoms with E-state index in [9.17, 15) is 13.2 Å². The minimum Gasteiger partial charge on any atom is -0.367 e. The van der Waals surface area contributed by atoms with Crippen molar-refractivity contribution in [2.75, 3.05) is 18.0 Å². The number of halogens is 3. The normalized spacial score (nSPS) is 10.8. The van der Waals surface area contributed by atoms with Gasteiger partial charge in [0.1, 0.15) is 23.0 Å². The van der Waals surface area contributed by atoms with Crippen molar-refractivity contribution in [3.8, 4) is 11.3 Å². The van der Waals surface area contributed by atoms with Crippen molar-refractivity contribution in [1.29, 1.82) is 0 Å². The van der Waals surface area contributed by atoms with Crippen LogP contribution in [-0.4, -0.2) is 18.1 Å². The molecule has 101 valence electrons. The van der Waals surface area contributed by atoms with Crippen molar-refractivity contribution in [3.63, 3.8) is 0 Å². The molecular weight excluding hydrogens is 273 g/mol. The first-order valence-electron chi connectivity index (χ1n) is 5.85. The van der Waals surface area contributed by atoms with E-state index in [1.165, 1.54) is 0 Å². The number of thiazole rings is 1. The van der Waals surface area contributed by atoms with Gasteiger partial charge < -0.3 is 4.90 Å².